The third kappa shape index (κ3) is 3.26. The Bertz CT molecular complexity index is 727. The van der Waals surface area contributed by atoms with E-state index in [1.807, 2.05) is 40.9 Å². The maximum Gasteiger partial charge on any atom is 0.274 e. The molecule has 2 saturated heterocycles. The average molecular weight is 343 g/mol. The molecule has 1 amide bonds. The van der Waals surface area contributed by atoms with Crippen LogP contribution in [0.5, 0.6) is 0 Å². The Labute approximate surface area is 145 Å². The normalized spacial score (nSPS) is 23.7. The molecule has 4 rings (SSSR count). The van der Waals surface area contributed by atoms with Crippen LogP contribution in [0.4, 0.5) is 0 Å². The summed E-state index contributed by atoms with van der Waals surface area (Å²) in [5, 5.41) is 0. The van der Waals surface area contributed by atoms with Crippen LogP contribution in [-0.2, 0) is 4.74 Å². The van der Waals surface area contributed by atoms with Gasteiger partial charge in [-0.25, -0.2) is 4.98 Å². The number of rotatable bonds is 4. The van der Waals surface area contributed by atoms with Crippen molar-refractivity contribution in [3.05, 3.63) is 36.2 Å². The monoisotopic (exact) mass is 343 g/mol. The van der Waals surface area contributed by atoms with Crippen molar-refractivity contribution in [3.63, 3.8) is 0 Å². The van der Waals surface area contributed by atoms with Gasteiger partial charge in [0, 0.05) is 24.9 Å². The van der Waals surface area contributed by atoms with E-state index in [1.54, 1.807) is 6.20 Å². The van der Waals surface area contributed by atoms with Crippen LogP contribution < -0.4 is 0 Å². The molecule has 24 heavy (non-hydrogen) atoms. The maximum absolute atomic E-state index is 13.1. The highest BCUT2D eigenvalue weighted by Gasteiger charge is 2.32. The summed E-state index contributed by atoms with van der Waals surface area (Å²) < 4.78 is 5.76. The third-order valence-corrected chi connectivity index (χ3v) is 5.84. The van der Waals surface area contributed by atoms with E-state index in [9.17, 15) is 4.79 Å². The van der Waals surface area contributed by atoms with Gasteiger partial charge in [-0.15, -0.1) is 0 Å². The summed E-state index contributed by atoms with van der Waals surface area (Å²) in [6.07, 6.45) is 4.93. The van der Waals surface area contributed by atoms with Gasteiger partial charge in [0.2, 0.25) is 0 Å². The molecule has 6 heteroatoms. The highest BCUT2D eigenvalue weighted by molar-refractivity contribution is 7.99. The van der Waals surface area contributed by atoms with E-state index in [0.717, 1.165) is 48.4 Å². The fourth-order valence-corrected chi connectivity index (χ4v) is 4.60. The summed E-state index contributed by atoms with van der Waals surface area (Å²) in [5.74, 6) is 2.10. The van der Waals surface area contributed by atoms with Crippen molar-refractivity contribution in [3.8, 4) is 0 Å². The smallest absolute Gasteiger partial charge is 0.274 e. The van der Waals surface area contributed by atoms with Crippen LogP contribution in [0.1, 0.15) is 29.8 Å². The minimum Gasteiger partial charge on any atom is -0.376 e. The number of benzene rings is 1. The van der Waals surface area contributed by atoms with Crippen LogP contribution in [0.2, 0.25) is 0 Å². The quantitative estimate of drug-likeness (QED) is 0.854. The Balaban J connectivity index is 1.60. The molecule has 0 N–H and O–H groups in total. The average Bonchev–Trinajstić information content (AvgIpc) is 3.32. The molecular formula is C18H21N3O2S. The third-order valence-electron chi connectivity index (χ3n) is 4.70. The molecule has 1 aromatic carbocycles. The summed E-state index contributed by atoms with van der Waals surface area (Å²) in [6, 6.07) is 7.93. The lowest BCUT2D eigenvalue weighted by Crippen LogP contribution is -2.45. The molecule has 2 unspecified atom stereocenters. The summed E-state index contributed by atoms with van der Waals surface area (Å²) in [4.78, 5) is 24.0. The topological polar surface area (TPSA) is 55.3 Å². The molecular weight excluding hydrogens is 322 g/mol. The van der Waals surface area contributed by atoms with Gasteiger partial charge in [-0.05, 0) is 37.1 Å². The Morgan fingerprint density at radius 2 is 2.17 bits per heavy atom. The molecule has 2 fully saturated rings. The van der Waals surface area contributed by atoms with E-state index in [1.165, 1.54) is 0 Å². The number of hydrogen-bond acceptors (Lipinski definition) is 5. The molecule has 0 aliphatic carbocycles. The molecule has 3 heterocycles. The van der Waals surface area contributed by atoms with E-state index in [-0.39, 0.29) is 18.1 Å². The van der Waals surface area contributed by atoms with Gasteiger partial charge < -0.3 is 9.64 Å². The van der Waals surface area contributed by atoms with E-state index in [4.69, 9.17) is 4.74 Å². The van der Waals surface area contributed by atoms with Gasteiger partial charge in [0.25, 0.3) is 5.91 Å². The summed E-state index contributed by atoms with van der Waals surface area (Å²) >= 11 is 1.91. The zero-order valence-corrected chi connectivity index (χ0v) is 14.4. The number of fused-ring (bicyclic) bond motifs is 1. The van der Waals surface area contributed by atoms with Gasteiger partial charge in [-0.3, -0.25) is 9.78 Å². The second-order valence-electron chi connectivity index (χ2n) is 6.35. The van der Waals surface area contributed by atoms with Crippen molar-refractivity contribution < 1.29 is 9.53 Å². The lowest BCUT2D eigenvalue weighted by Gasteiger charge is -2.30. The first-order chi connectivity index (χ1) is 11.8. The van der Waals surface area contributed by atoms with Crippen LogP contribution >= 0.6 is 11.8 Å². The standard InChI is InChI=1S/C18H21N3O2S/c22-18(17-10-19-15-5-1-2-6-16(15)20-17)21(13-7-9-24-12-13)11-14-4-3-8-23-14/h1-2,5-6,10,13-14H,3-4,7-9,11-12H2. The second kappa shape index (κ2) is 7.07. The molecule has 2 aromatic rings. The predicted octanol–water partition coefficient (Wildman–Crippen LogP) is 2.76. The lowest BCUT2D eigenvalue weighted by atomic mass is 10.1. The Kier molecular flexibility index (Phi) is 4.67. The van der Waals surface area contributed by atoms with Gasteiger partial charge in [-0.2, -0.15) is 11.8 Å². The first-order valence-corrected chi connectivity index (χ1v) is 9.69. The van der Waals surface area contributed by atoms with Gasteiger partial charge >= 0.3 is 0 Å². The summed E-state index contributed by atoms with van der Waals surface area (Å²) in [7, 11) is 0. The van der Waals surface area contributed by atoms with Crippen molar-refractivity contribution in [1.82, 2.24) is 14.9 Å². The molecule has 0 radical (unpaired) electrons. The Hall–Kier alpha value is -1.66. The molecule has 2 aliphatic rings. The summed E-state index contributed by atoms with van der Waals surface area (Å²) in [6.45, 7) is 1.47. The number of carbonyl (C=O) groups is 1. The molecule has 1 aromatic heterocycles. The molecule has 0 spiro atoms. The largest absolute Gasteiger partial charge is 0.376 e. The first kappa shape index (κ1) is 15.8. The van der Waals surface area contributed by atoms with Gasteiger partial charge in [0.05, 0.1) is 23.3 Å². The number of hydrogen-bond donors (Lipinski definition) is 0. The van der Waals surface area contributed by atoms with E-state index in [0.29, 0.717) is 12.2 Å². The molecule has 0 saturated carbocycles. The van der Waals surface area contributed by atoms with E-state index < -0.39 is 0 Å². The van der Waals surface area contributed by atoms with Crippen LogP contribution in [0.3, 0.4) is 0 Å². The SMILES string of the molecule is O=C(c1cnc2ccccc2n1)N(CC1CCCO1)C1CCSC1. The van der Waals surface area contributed by atoms with Gasteiger partial charge in [-0.1, -0.05) is 12.1 Å². The highest BCUT2D eigenvalue weighted by atomic mass is 32.2. The van der Waals surface area contributed by atoms with Crippen molar-refractivity contribution in [2.75, 3.05) is 24.7 Å². The first-order valence-electron chi connectivity index (χ1n) is 8.53. The Morgan fingerprint density at radius 1 is 1.29 bits per heavy atom. The number of ether oxygens (including phenoxy) is 1. The van der Waals surface area contributed by atoms with E-state index in [2.05, 4.69) is 9.97 Å². The highest BCUT2D eigenvalue weighted by Crippen LogP contribution is 2.26. The van der Waals surface area contributed by atoms with Crippen molar-refractivity contribution in [2.24, 2.45) is 0 Å². The van der Waals surface area contributed by atoms with Crippen molar-refractivity contribution in [2.45, 2.75) is 31.4 Å². The number of thioether (sulfide) groups is 1. The van der Waals surface area contributed by atoms with Crippen LogP contribution in [0, 0.1) is 0 Å². The zero-order valence-electron chi connectivity index (χ0n) is 13.6. The summed E-state index contributed by atoms with van der Waals surface area (Å²) in [5.41, 5.74) is 2.01. The number of carbonyl (C=O) groups excluding carboxylic acids is 1. The fraction of sp³-hybridized carbons (Fsp3) is 0.500. The Morgan fingerprint density at radius 3 is 2.92 bits per heavy atom. The molecule has 2 atom stereocenters. The molecule has 0 bridgehead atoms. The fourth-order valence-electron chi connectivity index (χ4n) is 3.38. The lowest BCUT2D eigenvalue weighted by molar-refractivity contribution is 0.0437. The van der Waals surface area contributed by atoms with E-state index >= 15 is 0 Å². The number of nitrogens with zero attached hydrogens (tertiary/aromatic N) is 3. The molecule has 5 nitrogen and oxygen atoms in total. The zero-order chi connectivity index (χ0) is 16.4. The molecule has 2 aliphatic heterocycles. The van der Waals surface area contributed by atoms with Crippen LogP contribution in [-0.4, -0.2) is 57.6 Å². The molecule has 126 valence electrons. The van der Waals surface area contributed by atoms with Crippen LogP contribution in [0.25, 0.3) is 11.0 Å². The van der Waals surface area contributed by atoms with Gasteiger partial charge in [0.15, 0.2) is 0 Å². The van der Waals surface area contributed by atoms with Crippen molar-refractivity contribution in [1.29, 1.82) is 0 Å². The number of aromatic nitrogens is 2. The van der Waals surface area contributed by atoms with Crippen LogP contribution in [0.15, 0.2) is 30.5 Å². The number of para-hydroxylation sites is 2. The minimum atomic E-state index is -0.0174. The maximum atomic E-state index is 13.1. The van der Waals surface area contributed by atoms with Gasteiger partial charge in [0.1, 0.15) is 5.69 Å². The minimum absolute atomic E-state index is 0.0174. The predicted molar refractivity (Wildman–Crippen MR) is 95.3 cm³/mol. The van der Waals surface area contributed by atoms with Crippen molar-refractivity contribution >= 4 is 28.7 Å². The number of amides is 1. The second-order valence-corrected chi connectivity index (χ2v) is 7.50.